The third-order valence-corrected chi connectivity index (χ3v) is 3.64. The highest BCUT2D eigenvalue weighted by Gasteiger charge is 2.36. The van der Waals surface area contributed by atoms with E-state index < -0.39 is 17.1 Å². The van der Waals surface area contributed by atoms with Crippen molar-refractivity contribution in [3.63, 3.8) is 0 Å². The molecule has 0 amide bonds. The molecule has 0 unspecified atom stereocenters. The summed E-state index contributed by atoms with van der Waals surface area (Å²) in [7, 11) is 1.50. The van der Waals surface area contributed by atoms with Crippen LogP contribution >= 0.6 is 11.6 Å². The summed E-state index contributed by atoms with van der Waals surface area (Å²) >= 11 is 6.08. The molecule has 3 rings (SSSR count). The lowest BCUT2D eigenvalue weighted by molar-refractivity contribution is 0.138. The molecule has 0 bridgehead atoms. The van der Waals surface area contributed by atoms with Crippen molar-refractivity contribution in [3.8, 4) is 11.4 Å². The Morgan fingerprint density at radius 3 is 2.80 bits per heavy atom. The first kappa shape index (κ1) is 13.2. The summed E-state index contributed by atoms with van der Waals surface area (Å²) in [4.78, 5) is 12.0. The van der Waals surface area contributed by atoms with Gasteiger partial charge in [0.15, 0.2) is 11.6 Å². The van der Waals surface area contributed by atoms with Crippen LogP contribution in [-0.2, 0) is 13.5 Å². The summed E-state index contributed by atoms with van der Waals surface area (Å²) in [6.07, 6.45) is 1.83. The van der Waals surface area contributed by atoms with Crippen LogP contribution in [0.4, 0.5) is 4.39 Å². The lowest BCUT2D eigenvalue weighted by atomic mass is 10.0. The Morgan fingerprint density at radius 2 is 2.20 bits per heavy atom. The first-order valence-corrected chi connectivity index (χ1v) is 6.49. The third kappa shape index (κ3) is 1.83. The van der Waals surface area contributed by atoms with Gasteiger partial charge in [-0.15, -0.1) is 0 Å². The van der Waals surface area contributed by atoms with Gasteiger partial charge in [0.1, 0.15) is 17.6 Å². The fraction of sp³-hybridized carbons (Fsp3) is 0.385. The zero-order valence-corrected chi connectivity index (χ0v) is 12.0. The fourth-order valence-electron chi connectivity index (χ4n) is 2.40. The molecule has 5 nitrogen and oxygen atoms in total. The standard InChI is InChI=1S/C13H13ClFN3O2/c1-13(2)5-7-8(14)4-9(15)10(11(7)20-13)18-6-16-17(3)12(18)19/h4,6H,5H2,1-3H3. The van der Waals surface area contributed by atoms with Gasteiger partial charge in [0, 0.05) is 19.0 Å². The zero-order chi connectivity index (χ0) is 14.7. The molecule has 0 aliphatic carbocycles. The fourth-order valence-corrected chi connectivity index (χ4v) is 2.65. The summed E-state index contributed by atoms with van der Waals surface area (Å²) in [5.41, 5.74) is -0.154. The molecule has 1 aromatic heterocycles. The molecular formula is C13H13ClFN3O2. The number of benzene rings is 1. The Bertz CT molecular complexity index is 764. The molecule has 0 atom stereocenters. The Hall–Kier alpha value is -1.82. The minimum Gasteiger partial charge on any atom is -0.485 e. The molecule has 1 aromatic carbocycles. The van der Waals surface area contributed by atoms with Crippen LogP contribution in [0.25, 0.3) is 5.69 Å². The van der Waals surface area contributed by atoms with Crippen LogP contribution in [-0.4, -0.2) is 19.9 Å². The molecule has 0 saturated heterocycles. The quantitative estimate of drug-likeness (QED) is 0.810. The second kappa shape index (κ2) is 4.09. The van der Waals surface area contributed by atoms with Gasteiger partial charge in [-0.3, -0.25) is 0 Å². The average molecular weight is 298 g/mol. The highest BCUT2D eigenvalue weighted by molar-refractivity contribution is 6.31. The van der Waals surface area contributed by atoms with E-state index in [0.717, 1.165) is 9.25 Å². The zero-order valence-electron chi connectivity index (χ0n) is 11.3. The van der Waals surface area contributed by atoms with E-state index in [-0.39, 0.29) is 5.69 Å². The molecule has 1 aliphatic rings. The van der Waals surface area contributed by atoms with Gasteiger partial charge in [0.25, 0.3) is 0 Å². The van der Waals surface area contributed by atoms with Crippen LogP contribution in [0.5, 0.6) is 5.75 Å². The van der Waals surface area contributed by atoms with Crippen LogP contribution in [0.2, 0.25) is 5.02 Å². The predicted molar refractivity (Wildman–Crippen MR) is 72.2 cm³/mol. The van der Waals surface area contributed by atoms with Crippen molar-refractivity contribution in [2.45, 2.75) is 25.9 Å². The van der Waals surface area contributed by atoms with Crippen molar-refractivity contribution < 1.29 is 9.13 Å². The van der Waals surface area contributed by atoms with E-state index in [2.05, 4.69) is 5.10 Å². The monoisotopic (exact) mass is 297 g/mol. The maximum absolute atomic E-state index is 14.3. The van der Waals surface area contributed by atoms with Crippen LogP contribution in [0.1, 0.15) is 19.4 Å². The number of aromatic nitrogens is 3. The smallest absolute Gasteiger partial charge is 0.350 e. The maximum Gasteiger partial charge on any atom is 0.350 e. The molecule has 0 fully saturated rings. The lowest BCUT2D eigenvalue weighted by Gasteiger charge is -2.18. The van der Waals surface area contributed by atoms with E-state index in [1.807, 2.05) is 13.8 Å². The van der Waals surface area contributed by atoms with Crippen molar-refractivity contribution in [2.75, 3.05) is 0 Å². The number of hydrogen-bond acceptors (Lipinski definition) is 3. The molecule has 2 aromatic rings. The molecular weight excluding hydrogens is 285 g/mol. The van der Waals surface area contributed by atoms with Gasteiger partial charge in [-0.25, -0.2) is 18.4 Å². The first-order chi connectivity index (χ1) is 9.30. The minimum atomic E-state index is -0.610. The number of halogens is 2. The number of fused-ring (bicyclic) bond motifs is 1. The lowest BCUT2D eigenvalue weighted by Crippen LogP contribution is -2.26. The molecule has 1 aliphatic heterocycles. The van der Waals surface area contributed by atoms with Gasteiger partial charge in [-0.2, -0.15) is 5.10 Å². The summed E-state index contributed by atoms with van der Waals surface area (Å²) in [5.74, 6) is -0.295. The van der Waals surface area contributed by atoms with Crippen LogP contribution in [0.15, 0.2) is 17.2 Å². The summed E-state index contributed by atoms with van der Waals surface area (Å²) < 4.78 is 22.3. The number of aryl methyl sites for hydroxylation is 1. The second-order valence-electron chi connectivity index (χ2n) is 5.44. The highest BCUT2D eigenvalue weighted by atomic mass is 35.5. The van der Waals surface area contributed by atoms with Crippen molar-refractivity contribution in [1.82, 2.24) is 14.3 Å². The van der Waals surface area contributed by atoms with Gasteiger partial charge in [-0.05, 0) is 19.9 Å². The van der Waals surface area contributed by atoms with Crippen LogP contribution in [0.3, 0.4) is 0 Å². The Labute approximate surface area is 119 Å². The molecule has 20 heavy (non-hydrogen) atoms. The molecule has 7 heteroatoms. The second-order valence-corrected chi connectivity index (χ2v) is 5.85. The van der Waals surface area contributed by atoms with E-state index in [0.29, 0.717) is 22.8 Å². The van der Waals surface area contributed by atoms with Gasteiger partial charge in [0.05, 0.1) is 5.02 Å². The maximum atomic E-state index is 14.3. The SMILES string of the molecule is Cn1ncn(-c2c(F)cc(Cl)c3c2OC(C)(C)C3)c1=O. The van der Waals surface area contributed by atoms with Gasteiger partial charge >= 0.3 is 5.69 Å². The van der Waals surface area contributed by atoms with E-state index in [1.165, 1.54) is 19.4 Å². The molecule has 0 saturated carbocycles. The normalized spacial score (nSPS) is 16.1. The van der Waals surface area contributed by atoms with Gasteiger partial charge < -0.3 is 4.74 Å². The summed E-state index contributed by atoms with van der Waals surface area (Å²) in [5, 5.41) is 4.14. The minimum absolute atomic E-state index is 0.0630. The predicted octanol–water partition coefficient (Wildman–Crippen LogP) is 2.08. The number of hydrogen-bond donors (Lipinski definition) is 0. The Kier molecular flexibility index (Phi) is 2.69. The van der Waals surface area contributed by atoms with Gasteiger partial charge in [-0.1, -0.05) is 11.6 Å². The summed E-state index contributed by atoms with van der Waals surface area (Å²) in [6, 6.07) is 1.21. The molecule has 2 heterocycles. The molecule has 0 spiro atoms. The molecule has 0 radical (unpaired) electrons. The van der Waals surface area contributed by atoms with Crippen LogP contribution < -0.4 is 10.4 Å². The highest BCUT2D eigenvalue weighted by Crippen LogP contribution is 2.44. The van der Waals surface area contributed by atoms with Crippen molar-refractivity contribution in [1.29, 1.82) is 0 Å². The van der Waals surface area contributed by atoms with E-state index >= 15 is 0 Å². The average Bonchev–Trinajstić information content (AvgIpc) is 2.83. The molecule has 0 N–H and O–H groups in total. The largest absolute Gasteiger partial charge is 0.485 e. The third-order valence-electron chi connectivity index (χ3n) is 3.30. The summed E-state index contributed by atoms with van der Waals surface area (Å²) in [6.45, 7) is 3.77. The Balaban J connectivity index is 2.31. The Morgan fingerprint density at radius 1 is 1.50 bits per heavy atom. The van der Waals surface area contributed by atoms with E-state index in [4.69, 9.17) is 16.3 Å². The first-order valence-electron chi connectivity index (χ1n) is 6.11. The molecule has 106 valence electrons. The topological polar surface area (TPSA) is 49.0 Å². The van der Waals surface area contributed by atoms with E-state index in [1.54, 1.807) is 0 Å². The number of nitrogens with zero attached hydrogens (tertiary/aromatic N) is 3. The van der Waals surface area contributed by atoms with Crippen molar-refractivity contribution >= 4 is 11.6 Å². The van der Waals surface area contributed by atoms with Gasteiger partial charge in [0.2, 0.25) is 0 Å². The van der Waals surface area contributed by atoms with Crippen molar-refractivity contribution in [2.24, 2.45) is 7.05 Å². The van der Waals surface area contributed by atoms with Crippen LogP contribution in [0, 0.1) is 5.82 Å². The number of rotatable bonds is 1. The number of ether oxygens (including phenoxy) is 1. The van der Waals surface area contributed by atoms with E-state index in [9.17, 15) is 9.18 Å². The van der Waals surface area contributed by atoms with Crippen molar-refractivity contribution in [3.05, 3.63) is 39.3 Å².